The van der Waals surface area contributed by atoms with Crippen molar-refractivity contribution in [2.75, 3.05) is 5.32 Å². The number of nitriles is 1. The van der Waals surface area contributed by atoms with Gasteiger partial charge in [0.25, 0.3) is 5.91 Å². The third-order valence-corrected chi connectivity index (χ3v) is 3.62. The molecule has 2 aromatic carbocycles. The van der Waals surface area contributed by atoms with Crippen LogP contribution in [-0.4, -0.2) is 15.7 Å². The number of amides is 1. The number of hydrogen-bond donors (Lipinski definition) is 1. The molecule has 1 N–H and O–H groups in total. The summed E-state index contributed by atoms with van der Waals surface area (Å²) in [5.41, 5.74) is 1.57. The van der Waals surface area contributed by atoms with Gasteiger partial charge in [0.2, 0.25) is 0 Å². The summed E-state index contributed by atoms with van der Waals surface area (Å²) in [5, 5.41) is 15.4. The van der Waals surface area contributed by atoms with Crippen molar-refractivity contribution >= 4 is 11.6 Å². The molecule has 0 spiro atoms. The molecule has 0 radical (unpaired) electrons. The number of aryl methyl sites for hydroxylation is 1. The number of halogens is 2. The molecule has 0 aliphatic heterocycles. The van der Waals surface area contributed by atoms with Gasteiger partial charge in [0, 0.05) is 18.8 Å². The van der Waals surface area contributed by atoms with Crippen molar-refractivity contribution in [2.45, 2.75) is 13.8 Å². The number of carbonyl (C=O) groups excluding carboxylic acids is 1. The molecule has 0 aliphatic rings. The highest BCUT2D eigenvalue weighted by atomic mass is 19.1. The zero-order chi connectivity index (χ0) is 20.0. The normalized spacial score (nSPS) is 9.78. The summed E-state index contributed by atoms with van der Waals surface area (Å²) in [6.07, 6.45) is 0. The van der Waals surface area contributed by atoms with E-state index >= 15 is 0 Å². The maximum Gasteiger partial charge on any atom is 0.261 e. The Morgan fingerprint density at radius 3 is 2.22 bits per heavy atom. The van der Waals surface area contributed by atoms with Crippen LogP contribution in [0.4, 0.5) is 14.5 Å². The van der Waals surface area contributed by atoms with Crippen molar-refractivity contribution in [1.29, 1.82) is 5.26 Å². The summed E-state index contributed by atoms with van der Waals surface area (Å²) in [6.45, 7) is 4.00. The molecule has 0 saturated carbocycles. The Balaban J connectivity index is 0.00000126. The molecule has 0 aliphatic carbocycles. The van der Waals surface area contributed by atoms with Crippen LogP contribution in [-0.2, 0) is 7.05 Å². The van der Waals surface area contributed by atoms with Gasteiger partial charge in [-0.2, -0.15) is 10.4 Å². The Bertz CT molecular complexity index is 968. The second kappa shape index (κ2) is 8.72. The average Bonchev–Trinajstić information content (AvgIpc) is 3.05. The van der Waals surface area contributed by atoms with Crippen LogP contribution in [0.15, 0.2) is 48.5 Å². The van der Waals surface area contributed by atoms with Crippen LogP contribution in [0.2, 0.25) is 0 Å². The number of nitrogens with zero attached hydrogens (tertiary/aromatic N) is 3. The second-order valence-corrected chi connectivity index (χ2v) is 5.28. The monoisotopic (exact) mass is 368 g/mol. The largest absolute Gasteiger partial charge is 0.322 e. The van der Waals surface area contributed by atoms with E-state index in [1.807, 2.05) is 19.9 Å². The molecule has 1 aromatic heterocycles. The van der Waals surface area contributed by atoms with Crippen molar-refractivity contribution in [3.8, 4) is 17.3 Å². The van der Waals surface area contributed by atoms with Gasteiger partial charge >= 0.3 is 0 Å². The van der Waals surface area contributed by atoms with Gasteiger partial charge in [-0.05, 0) is 29.8 Å². The van der Waals surface area contributed by atoms with Gasteiger partial charge in [-0.3, -0.25) is 9.48 Å². The highest BCUT2D eigenvalue weighted by Gasteiger charge is 2.17. The highest BCUT2D eigenvalue weighted by molar-refractivity contribution is 6.04. The van der Waals surface area contributed by atoms with E-state index in [-0.39, 0.29) is 0 Å². The van der Waals surface area contributed by atoms with Gasteiger partial charge in [-0.25, -0.2) is 8.78 Å². The first kappa shape index (κ1) is 19.8. The first-order chi connectivity index (χ1) is 13.0. The number of anilines is 1. The number of carbonyl (C=O) groups is 1. The fourth-order valence-electron chi connectivity index (χ4n) is 2.42. The molecule has 0 saturated heterocycles. The number of benzene rings is 2. The lowest BCUT2D eigenvalue weighted by Gasteiger charge is -2.08. The van der Waals surface area contributed by atoms with Crippen molar-refractivity contribution < 1.29 is 13.6 Å². The predicted octanol–water partition coefficient (Wildman–Crippen LogP) is 4.52. The first-order valence-electron chi connectivity index (χ1n) is 8.29. The van der Waals surface area contributed by atoms with Crippen molar-refractivity contribution in [1.82, 2.24) is 9.78 Å². The Labute approximate surface area is 155 Å². The second-order valence-electron chi connectivity index (χ2n) is 5.28. The Hall–Kier alpha value is -3.53. The number of nitrogens with one attached hydrogen (secondary N) is 1. The van der Waals surface area contributed by atoms with Crippen LogP contribution >= 0.6 is 0 Å². The Morgan fingerprint density at radius 1 is 1.11 bits per heavy atom. The standard InChI is InChI=1S/C18H12F2N4O.C2H6/c1-24-16(9-13(10-21)23-24)11-5-7-12(8-6-11)22-18(25)17-14(19)3-2-4-15(17)20;1-2/h2-9H,1H3,(H,22,25);1-2H3. The molecule has 0 atom stereocenters. The first-order valence-corrected chi connectivity index (χ1v) is 8.29. The molecule has 1 heterocycles. The van der Waals surface area contributed by atoms with E-state index in [9.17, 15) is 13.6 Å². The van der Waals surface area contributed by atoms with Crippen LogP contribution in [0, 0.1) is 23.0 Å². The summed E-state index contributed by atoms with van der Waals surface area (Å²) in [5.74, 6) is -2.71. The summed E-state index contributed by atoms with van der Waals surface area (Å²) < 4.78 is 28.8. The molecule has 0 unspecified atom stereocenters. The van der Waals surface area contributed by atoms with E-state index < -0.39 is 23.1 Å². The van der Waals surface area contributed by atoms with E-state index in [1.165, 1.54) is 6.07 Å². The lowest BCUT2D eigenvalue weighted by Crippen LogP contribution is -2.15. The van der Waals surface area contributed by atoms with Gasteiger partial charge in [0.1, 0.15) is 23.3 Å². The quantitative estimate of drug-likeness (QED) is 0.739. The smallest absolute Gasteiger partial charge is 0.261 e. The van der Waals surface area contributed by atoms with Crippen LogP contribution < -0.4 is 5.32 Å². The predicted molar refractivity (Wildman–Crippen MR) is 99.0 cm³/mol. The number of hydrogen-bond acceptors (Lipinski definition) is 3. The molecular weight excluding hydrogens is 350 g/mol. The third kappa shape index (κ3) is 4.36. The molecule has 1 amide bonds. The van der Waals surface area contributed by atoms with Crippen LogP contribution in [0.1, 0.15) is 29.9 Å². The maximum atomic E-state index is 13.6. The van der Waals surface area contributed by atoms with Crippen molar-refractivity contribution in [2.24, 2.45) is 7.05 Å². The fraction of sp³-hybridized carbons (Fsp3) is 0.150. The number of rotatable bonds is 3. The minimum absolute atomic E-state index is 0.296. The summed E-state index contributed by atoms with van der Waals surface area (Å²) in [6, 6.07) is 13.5. The highest BCUT2D eigenvalue weighted by Crippen LogP contribution is 2.22. The van der Waals surface area contributed by atoms with Crippen molar-refractivity contribution in [3.05, 3.63) is 71.4 Å². The SMILES string of the molecule is CC.Cn1nc(C#N)cc1-c1ccc(NC(=O)c2c(F)cccc2F)cc1. The molecule has 27 heavy (non-hydrogen) atoms. The van der Waals surface area contributed by atoms with Gasteiger partial charge in [-0.15, -0.1) is 0 Å². The van der Waals surface area contributed by atoms with Gasteiger partial charge < -0.3 is 5.32 Å². The minimum atomic E-state index is -0.923. The lowest BCUT2D eigenvalue weighted by molar-refractivity contribution is 0.101. The zero-order valence-corrected chi connectivity index (χ0v) is 15.1. The topological polar surface area (TPSA) is 70.7 Å². The average molecular weight is 368 g/mol. The Kier molecular flexibility index (Phi) is 6.39. The van der Waals surface area contributed by atoms with E-state index in [4.69, 9.17) is 5.26 Å². The van der Waals surface area contributed by atoms with E-state index in [1.54, 1.807) is 42.1 Å². The molecule has 5 nitrogen and oxygen atoms in total. The molecule has 0 fully saturated rings. The molecule has 3 aromatic rings. The summed E-state index contributed by atoms with van der Waals surface area (Å²) in [4.78, 5) is 12.1. The minimum Gasteiger partial charge on any atom is -0.322 e. The zero-order valence-electron chi connectivity index (χ0n) is 15.1. The lowest BCUT2D eigenvalue weighted by atomic mass is 10.1. The van der Waals surface area contributed by atoms with Gasteiger partial charge in [-0.1, -0.05) is 32.0 Å². The van der Waals surface area contributed by atoms with E-state index in [0.29, 0.717) is 11.4 Å². The molecule has 3 rings (SSSR count). The van der Waals surface area contributed by atoms with Gasteiger partial charge in [0.15, 0.2) is 5.69 Å². The molecular formula is C20H18F2N4O. The van der Waals surface area contributed by atoms with Crippen LogP contribution in [0.25, 0.3) is 11.3 Å². The molecule has 138 valence electrons. The van der Waals surface area contributed by atoms with Crippen LogP contribution in [0.5, 0.6) is 0 Å². The third-order valence-electron chi connectivity index (χ3n) is 3.62. The van der Waals surface area contributed by atoms with Gasteiger partial charge in [0.05, 0.1) is 5.69 Å². The fourth-order valence-corrected chi connectivity index (χ4v) is 2.42. The van der Waals surface area contributed by atoms with E-state index in [0.717, 1.165) is 23.4 Å². The van der Waals surface area contributed by atoms with E-state index in [2.05, 4.69) is 10.4 Å². The molecule has 0 bridgehead atoms. The maximum absolute atomic E-state index is 13.6. The van der Waals surface area contributed by atoms with Crippen molar-refractivity contribution in [3.63, 3.8) is 0 Å². The number of aromatic nitrogens is 2. The Morgan fingerprint density at radius 2 is 1.70 bits per heavy atom. The molecule has 7 heteroatoms. The summed E-state index contributed by atoms with van der Waals surface area (Å²) >= 11 is 0. The summed E-state index contributed by atoms with van der Waals surface area (Å²) in [7, 11) is 1.72. The van der Waals surface area contributed by atoms with Crippen LogP contribution in [0.3, 0.4) is 0 Å².